The van der Waals surface area contributed by atoms with Crippen molar-refractivity contribution >= 4 is 46.3 Å². The van der Waals surface area contributed by atoms with Crippen LogP contribution in [0.3, 0.4) is 0 Å². The second-order valence-electron chi connectivity index (χ2n) is 7.34. The van der Waals surface area contributed by atoms with Crippen LogP contribution >= 0.6 is 23.4 Å². The Balaban J connectivity index is 1.21. The zero-order valence-electron chi connectivity index (χ0n) is 17.9. The Morgan fingerprint density at radius 2 is 1.70 bits per heavy atom. The monoisotopic (exact) mass is 474 g/mol. The number of nitrogens with zero attached hydrogens (tertiary/aromatic N) is 1. The van der Waals surface area contributed by atoms with Crippen LogP contribution in [0.4, 0.5) is 0 Å². The van der Waals surface area contributed by atoms with Crippen LogP contribution in [0.25, 0.3) is 10.8 Å². The molecule has 0 saturated heterocycles. The number of thioether (sulfide) groups is 1. The summed E-state index contributed by atoms with van der Waals surface area (Å²) in [6, 6.07) is 29.7. The number of hydrazone groups is 1. The Labute approximate surface area is 202 Å². The minimum absolute atomic E-state index is 0.122. The van der Waals surface area contributed by atoms with E-state index in [0.717, 1.165) is 21.8 Å². The Morgan fingerprint density at radius 1 is 0.939 bits per heavy atom. The van der Waals surface area contributed by atoms with Gasteiger partial charge in [0, 0.05) is 22.1 Å². The van der Waals surface area contributed by atoms with Gasteiger partial charge in [-0.25, -0.2) is 5.43 Å². The summed E-state index contributed by atoms with van der Waals surface area (Å²) < 4.78 is 5.96. The molecule has 0 bridgehead atoms. The Kier molecular flexibility index (Phi) is 8.01. The van der Waals surface area contributed by atoms with Gasteiger partial charge in [-0.2, -0.15) is 5.10 Å². The van der Waals surface area contributed by atoms with E-state index in [1.807, 2.05) is 66.7 Å². The highest BCUT2D eigenvalue weighted by molar-refractivity contribution is 7.99. The lowest BCUT2D eigenvalue weighted by Gasteiger charge is -2.09. The molecule has 4 rings (SSSR count). The van der Waals surface area contributed by atoms with E-state index in [1.165, 1.54) is 10.8 Å². The van der Waals surface area contributed by atoms with E-state index in [-0.39, 0.29) is 5.91 Å². The number of halogens is 1. The smallest absolute Gasteiger partial charge is 0.240 e. The molecule has 0 atom stereocenters. The molecule has 4 aromatic carbocycles. The number of fused-ring (bicyclic) bond motifs is 1. The molecule has 4 aromatic rings. The fraction of sp³-hybridized carbons (Fsp3) is 0.111. The fourth-order valence-electron chi connectivity index (χ4n) is 3.26. The molecule has 1 N–H and O–H groups in total. The maximum Gasteiger partial charge on any atom is 0.240 e. The molecule has 166 valence electrons. The molecule has 0 saturated carbocycles. The summed E-state index contributed by atoms with van der Waals surface area (Å²) in [5.74, 6) is 1.33. The molecular weight excluding hydrogens is 452 g/mol. The van der Waals surface area contributed by atoms with Crippen LogP contribution in [0.5, 0.6) is 5.75 Å². The third-order valence-electron chi connectivity index (χ3n) is 4.97. The van der Waals surface area contributed by atoms with Crippen LogP contribution in [-0.4, -0.2) is 17.9 Å². The number of carbonyl (C=O) groups is 1. The van der Waals surface area contributed by atoms with E-state index in [9.17, 15) is 4.79 Å². The van der Waals surface area contributed by atoms with Gasteiger partial charge in [-0.1, -0.05) is 54.1 Å². The van der Waals surface area contributed by atoms with Gasteiger partial charge in [0.05, 0.1) is 6.21 Å². The molecular formula is C27H23ClN2O2S. The zero-order valence-corrected chi connectivity index (χ0v) is 19.5. The largest absolute Gasteiger partial charge is 0.489 e. The van der Waals surface area contributed by atoms with Crippen LogP contribution in [-0.2, 0) is 11.4 Å². The van der Waals surface area contributed by atoms with Crippen LogP contribution in [0, 0.1) is 0 Å². The number of hydrogen-bond donors (Lipinski definition) is 1. The van der Waals surface area contributed by atoms with Crippen LogP contribution < -0.4 is 10.2 Å². The number of carbonyl (C=O) groups excluding carboxylic acids is 1. The minimum Gasteiger partial charge on any atom is -0.489 e. The minimum atomic E-state index is -0.122. The molecule has 0 unspecified atom stereocenters. The summed E-state index contributed by atoms with van der Waals surface area (Å²) >= 11 is 7.48. The molecule has 0 aliphatic heterocycles. The highest BCUT2D eigenvalue weighted by atomic mass is 35.5. The first kappa shape index (κ1) is 22.9. The number of hydrogen-bond acceptors (Lipinski definition) is 4. The van der Waals surface area contributed by atoms with Gasteiger partial charge >= 0.3 is 0 Å². The van der Waals surface area contributed by atoms with E-state index in [2.05, 4.69) is 34.8 Å². The number of amides is 1. The molecule has 4 nitrogen and oxygen atoms in total. The SMILES string of the molecule is O=C(CCSc1ccc(Cl)cc1)N/N=C/c1ccc(OCc2cccc3ccccc23)cc1. The van der Waals surface area contributed by atoms with Gasteiger partial charge in [0.25, 0.3) is 0 Å². The molecule has 0 aliphatic rings. The van der Waals surface area contributed by atoms with Gasteiger partial charge in [-0.15, -0.1) is 11.8 Å². The first-order valence-corrected chi connectivity index (χ1v) is 11.9. The van der Waals surface area contributed by atoms with Crippen molar-refractivity contribution in [2.24, 2.45) is 5.10 Å². The zero-order chi connectivity index (χ0) is 22.9. The maximum absolute atomic E-state index is 12.0. The number of nitrogens with one attached hydrogen (secondary N) is 1. The van der Waals surface area contributed by atoms with Crippen LogP contribution in [0.1, 0.15) is 17.5 Å². The summed E-state index contributed by atoms with van der Waals surface area (Å²) in [6.07, 6.45) is 2.00. The Hall–Kier alpha value is -3.28. The number of rotatable bonds is 9. The van der Waals surface area contributed by atoms with Crippen molar-refractivity contribution in [1.82, 2.24) is 5.43 Å². The van der Waals surface area contributed by atoms with Crippen molar-refractivity contribution in [3.05, 3.63) is 107 Å². The molecule has 0 aliphatic carbocycles. The molecule has 0 spiro atoms. The Morgan fingerprint density at radius 3 is 2.52 bits per heavy atom. The topological polar surface area (TPSA) is 50.7 Å². The van der Waals surface area contributed by atoms with Gasteiger partial charge in [-0.3, -0.25) is 4.79 Å². The molecule has 0 fully saturated rings. The normalized spacial score (nSPS) is 11.1. The third kappa shape index (κ3) is 6.85. The standard InChI is InChI=1S/C27H23ClN2O2S/c28-23-10-14-25(15-11-23)33-17-16-27(31)30-29-18-20-8-12-24(13-9-20)32-19-22-6-3-5-21-4-1-2-7-26(21)22/h1-15,18H,16-17,19H2,(H,30,31)/b29-18+. The van der Waals surface area contributed by atoms with Crippen molar-refractivity contribution in [2.75, 3.05) is 5.75 Å². The van der Waals surface area contributed by atoms with Gasteiger partial charge in [0.1, 0.15) is 12.4 Å². The molecule has 0 aromatic heterocycles. The van der Waals surface area contributed by atoms with Crippen molar-refractivity contribution < 1.29 is 9.53 Å². The van der Waals surface area contributed by atoms with Crippen molar-refractivity contribution in [1.29, 1.82) is 0 Å². The van der Waals surface area contributed by atoms with E-state index in [1.54, 1.807) is 18.0 Å². The van der Waals surface area contributed by atoms with Crippen molar-refractivity contribution in [3.8, 4) is 5.75 Å². The van der Waals surface area contributed by atoms with Gasteiger partial charge in [-0.05, 0) is 70.4 Å². The molecule has 6 heteroatoms. The van der Waals surface area contributed by atoms with Crippen LogP contribution in [0.15, 0.2) is 101 Å². The Bertz CT molecular complexity index is 1240. The van der Waals surface area contributed by atoms with Gasteiger partial charge in [0.2, 0.25) is 5.91 Å². The van der Waals surface area contributed by atoms with Crippen LogP contribution in [0.2, 0.25) is 5.02 Å². The predicted molar refractivity (Wildman–Crippen MR) is 137 cm³/mol. The van der Waals surface area contributed by atoms with E-state index < -0.39 is 0 Å². The van der Waals surface area contributed by atoms with E-state index in [0.29, 0.717) is 23.8 Å². The lowest BCUT2D eigenvalue weighted by molar-refractivity contribution is -0.120. The van der Waals surface area contributed by atoms with E-state index >= 15 is 0 Å². The van der Waals surface area contributed by atoms with Crippen molar-refractivity contribution in [3.63, 3.8) is 0 Å². The quantitative estimate of drug-likeness (QED) is 0.167. The number of benzene rings is 4. The molecule has 1 amide bonds. The lowest BCUT2D eigenvalue weighted by atomic mass is 10.1. The first-order valence-electron chi connectivity index (χ1n) is 10.6. The highest BCUT2D eigenvalue weighted by Gasteiger charge is 2.03. The number of ether oxygens (including phenoxy) is 1. The van der Waals surface area contributed by atoms with E-state index in [4.69, 9.17) is 16.3 Å². The van der Waals surface area contributed by atoms with Gasteiger partial charge < -0.3 is 4.74 Å². The fourth-order valence-corrected chi connectivity index (χ4v) is 4.23. The maximum atomic E-state index is 12.0. The summed E-state index contributed by atoms with van der Waals surface area (Å²) in [5, 5.41) is 7.15. The lowest BCUT2D eigenvalue weighted by Crippen LogP contribution is -2.17. The molecule has 0 radical (unpaired) electrons. The second-order valence-corrected chi connectivity index (χ2v) is 8.95. The van der Waals surface area contributed by atoms with Crippen molar-refractivity contribution in [2.45, 2.75) is 17.9 Å². The third-order valence-corrected chi connectivity index (χ3v) is 6.23. The summed E-state index contributed by atoms with van der Waals surface area (Å²) in [4.78, 5) is 13.0. The summed E-state index contributed by atoms with van der Waals surface area (Å²) in [7, 11) is 0. The average Bonchev–Trinajstić information content (AvgIpc) is 2.85. The predicted octanol–water partition coefficient (Wildman–Crippen LogP) is 6.70. The molecule has 0 heterocycles. The summed E-state index contributed by atoms with van der Waals surface area (Å²) in [5.41, 5.74) is 4.60. The average molecular weight is 475 g/mol. The highest BCUT2D eigenvalue weighted by Crippen LogP contribution is 2.22. The van der Waals surface area contributed by atoms with Gasteiger partial charge in [0.15, 0.2) is 0 Å². The first-order chi connectivity index (χ1) is 16.2. The second kappa shape index (κ2) is 11.5. The summed E-state index contributed by atoms with van der Waals surface area (Å²) in [6.45, 7) is 0.499. The molecule has 33 heavy (non-hydrogen) atoms.